The van der Waals surface area contributed by atoms with Crippen molar-refractivity contribution in [3.8, 4) is 11.5 Å². The molecule has 0 saturated carbocycles. The van der Waals surface area contributed by atoms with E-state index in [1.54, 1.807) is 0 Å². The minimum Gasteiger partial charge on any atom is -0.493 e. The molecule has 0 bridgehead atoms. The van der Waals surface area contributed by atoms with Crippen LogP contribution in [0.5, 0.6) is 11.5 Å². The van der Waals surface area contributed by atoms with E-state index < -0.39 is 17.6 Å². The number of rotatable bonds is 11. The molecular weight excluding hydrogens is 358 g/mol. The molecular formula is C20H22F2O5. The van der Waals surface area contributed by atoms with Gasteiger partial charge in [0, 0.05) is 12.1 Å². The number of hydrogen-bond donors (Lipinski definition) is 1. The smallest absolute Gasteiger partial charge is 0.227 e. The third-order valence-electron chi connectivity index (χ3n) is 3.87. The van der Waals surface area contributed by atoms with E-state index in [1.165, 1.54) is 24.5 Å². The molecule has 146 valence electrons. The number of aliphatic hydroxyl groups excluding tert-OH is 1. The van der Waals surface area contributed by atoms with Gasteiger partial charge in [0.1, 0.15) is 17.8 Å². The SMILES string of the molecule is C=CC(CO)c1cc(=O)c(OCCCCCOc2ccc(F)c(F)c2)co1. The fraction of sp³-hybridized carbons (Fsp3) is 0.350. The van der Waals surface area contributed by atoms with Gasteiger partial charge in [-0.15, -0.1) is 6.58 Å². The highest BCUT2D eigenvalue weighted by Gasteiger charge is 2.12. The van der Waals surface area contributed by atoms with Crippen LogP contribution in [0.25, 0.3) is 0 Å². The second-order valence-electron chi connectivity index (χ2n) is 5.87. The predicted octanol–water partition coefficient (Wildman–Crippen LogP) is 3.81. The molecule has 1 unspecified atom stereocenters. The van der Waals surface area contributed by atoms with Gasteiger partial charge in [-0.2, -0.15) is 0 Å². The van der Waals surface area contributed by atoms with E-state index in [9.17, 15) is 18.7 Å². The summed E-state index contributed by atoms with van der Waals surface area (Å²) in [5, 5.41) is 9.17. The van der Waals surface area contributed by atoms with Crippen molar-refractivity contribution in [3.63, 3.8) is 0 Å². The Bertz CT molecular complexity index is 803. The van der Waals surface area contributed by atoms with Crippen molar-refractivity contribution in [1.82, 2.24) is 0 Å². The molecule has 0 fully saturated rings. The molecule has 0 aliphatic rings. The van der Waals surface area contributed by atoms with Gasteiger partial charge in [0.05, 0.1) is 25.7 Å². The summed E-state index contributed by atoms with van der Waals surface area (Å²) in [5.74, 6) is -1.56. The molecule has 1 N–H and O–H groups in total. The van der Waals surface area contributed by atoms with Crippen molar-refractivity contribution in [2.75, 3.05) is 19.8 Å². The lowest BCUT2D eigenvalue weighted by Crippen LogP contribution is -2.11. The van der Waals surface area contributed by atoms with Crippen LogP contribution in [0.1, 0.15) is 30.9 Å². The molecule has 0 aliphatic heterocycles. The maximum absolute atomic E-state index is 13.0. The molecule has 2 rings (SSSR count). The molecule has 0 amide bonds. The maximum Gasteiger partial charge on any atom is 0.227 e. The van der Waals surface area contributed by atoms with Gasteiger partial charge < -0.3 is 19.0 Å². The predicted molar refractivity (Wildman–Crippen MR) is 96.2 cm³/mol. The van der Waals surface area contributed by atoms with Crippen LogP contribution in [0.15, 0.2) is 52.4 Å². The molecule has 1 aromatic heterocycles. The quantitative estimate of drug-likeness (QED) is 0.474. The van der Waals surface area contributed by atoms with Crippen molar-refractivity contribution in [2.45, 2.75) is 25.2 Å². The molecule has 0 aliphatic carbocycles. The Morgan fingerprint density at radius 1 is 1.11 bits per heavy atom. The first-order valence-corrected chi connectivity index (χ1v) is 8.62. The zero-order valence-electron chi connectivity index (χ0n) is 14.8. The summed E-state index contributed by atoms with van der Waals surface area (Å²) in [6.45, 7) is 4.08. The molecule has 1 heterocycles. The molecule has 0 radical (unpaired) electrons. The van der Waals surface area contributed by atoms with Crippen LogP contribution in [-0.2, 0) is 0 Å². The first kappa shape index (κ1) is 20.6. The summed E-state index contributed by atoms with van der Waals surface area (Å²) < 4.78 is 41.9. The lowest BCUT2D eigenvalue weighted by Gasteiger charge is -2.09. The lowest BCUT2D eigenvalue weighted by atomic mass is 10.1. The van der Waals surface area contributed by atoms with E-state index in [2.05, 4.69) is 6.58 Å². The highest BCUT2D eigenvalue weighted by molar-refractivity contribution is 5.23. The summed E-state index contributed by atoms with van der Waals surface area (Å²) in [4.78, 5) is 12.0. The minimum absolute atomic E-state index is 0.109. The van der Waals surface area contributed by atoms with Gasteiger partial charge in [-0.3, -0.25) is 4.79 Å². The van der Waals surface area contributed by atoms with Crippen LogP contribution < -0.4 is 14.9 Å². The number of halogens is 2. The van der Waals surface area contributed by atoms with Crippen LogP contribution >= 0.6 is 0 Å². The first-order valence-electron chi connectivity index (χ1n) is 8.62. The number of ether oxygens (including phenoxy) is 2. The number of aliphatic hydroxyl groups is 1. The van der Waals surface area contributed by atoms with Crippen molar-refractivity contribution in [3.05, 3.63) is 70.8 Å². The van der Waals surface area contributed by atoms with E-state index in [4.69, 9.17) is 13.9 Å². The zero-order chi connectivity index (χ0) is 19.6. The first-order chi connectivity index (χ1) is 13.0. The van der Waals surface area contributed by atoms with Crippen molar-refractivity contribution >= 4 is 0 Å². The highest BCUT2D eigenvalue weighted by atomic mass is 19.2. The van der Waals surface area contributed by atoms with Gasteiger partial charge in [0.15, 0.2) is 11.6 Å². The van der Waals surface area contributed by atoms with Gasteiger partial charge >= 0.3 is 0 Å². The topological polar surface area (TPSA) is 68.9 Å². The Morgan fingerprint density at radius 2 is 1.85 bits per heavy atom. The molecule has 27 heavy (non-hydrogen) atoms. The number of benzene rings is 1. The van der Waals surface area contributed by atoms with Crippen molar-refractivity contribution in [1.29, 1.82) is 0 Å². The van der Waals surface area contributed by atoms with Crippen LogP contribution in [0.4, 0.5) is 8.78 Å². The average molecular weight is 380 g/mol. The molecule has 1 atom stereocenters. The largest absolute Gasteiger partial charge is 0.493 e. The summed E-state index contributed by atoms with van der Waals surface area (Å²) in [7, 11) is 0. The van der Waals surface area contributed by atoms with Gasteiger partial charge in [-0.1, -0.05) is 6.08 Å². The Balaban J connectivity index is 1.67. The molecule has 0 spiro atoms. The molecule has 7 heteroatoms. The fourth-order valence-electron chi connectivity index (χ4n) is 2.31. The van der Waals surface area contributed by atoms with E-state index in [0.717, 1.165) is 18.6 Å². The van der Waals surface area contributed by atoms with Crippen molar-refractivity contribution < 1.29 is 27.8 Å². The van der Waals surface area contributed by atoms with Crippen LogP contribution in [0, 0.1) is 11.6 Å². The second-order valence-corrected chi connectivity index (χ2v) is 5.87. The third kappa shape index (κ3) is 6.21. The lowest BCUT2D eigenvalue weighted by molar-refractivity contribution is 0.257. The van der Waals surface area contributed by atoms with Gasteiger partial charge in [-0.05, 0) is 31.4 Å². The minimum atomic E-state index is -0.941. The summed E-state index contributed by atoms with van der Waals surface area (Å²) >= 11 is 0. The van der Waals surface area contributed by atoms with Gasteiger partial charge in [0.25, 0.3) is 0 Å². The molecule has 5 nitrogen and oxygen atoms in total. The summed E-state index contributed by atoms with van der Waals surface area (Å²) in [5.41, 5.74) is -0.321. The van der Waals surface area contributed by atoms with Crippen LogP contribution in [0.2, 0.25) is 0 Å². The fourth-order valence-corrected chi connectivity index (χ4v) is 2.31. The molecule has 0 saturated heterocycles. The normalized spacial score (nSPS) is 11.8. The molecule has 2 aromatic rings. The molecule has 1 aromatic carbocycles. The standard InChI is InChI=1S/C20H22F2O5/c1-2-14(12-23)19-11-18(24)20(13-27-19)26-9-5-3-4-8-25-15-6-7-16(21)17(22)10-15/h2,6-7,10-11,13-14,23H,1,3-5,8-9,12H2. The third-order valence-corrected chi connectivity index (χ3v) is 3.87. The van der Waals surface area contributed by atoms with E-state index >= 15 is 0 Å². The Labute approximate surface area is 155 Å². The highest BCUT2D eigenvalue weighted by Crippen LogP contribution is 2.17. The number of hydrogen-bond acceptors (Lipinski definition) is 5. The summed E-state index contributed by atoms with van der Waals surface area (Å²) in [6, 6.07) is 4.69. The van der Waals surface area contributed by atoms with Gasteiger partial charge in [0.2, 0.25) is 11.2 Å². The van der Waals surface area contributed by atoms with Crippen molar-refractivity contribution in [2.24, 2.45) is 0 Å². The Morgan fingerprint density at radius 3 is 2.48 bits per heavy atom. The summed E-state index contributed by atoms with van der Waals surface area (Å²) in [6.07, 6.45) is 4.90. The van der Waals surface area contributed by atoms with E-state index in [0.29, 0.717) is 31.8 Å². The van der Waals surface area contributed by atoms with Crippen LogP contribution in [-0.4, -0.2) is 24.9 Å². The Kier molecular flexibility index (Phi) is 8.00. The zero-order valence-corrected chi connectivity index (χ0v) is 14.8. The number of unbranched alkanes of at least 4 members (excludes halogenated alkanes) is 2. The van der Waals surface area contributed by atoms with E-state index in [1.807, 2.05) is 0 Å². The average Bonchev–Trinajstić information content (AvgIpc) is 2.66. The second kappa shape index (κ2) is 10.5. The maximum atomic E-state index is 13.0. The van der Waals surface area contributed by atoms with E-state index in [-0.39, 0.29) is 23.5 Å². The monoisotopic (exact) mass is 380 g/mol. The Hall–Kier alpha value is -2.67. The van der Waals surface area contributed by atoms with Gasteiger partial charge in [-0.25, -0.2) is 8.78 Å². The van der Waals surface area contributed by atoms with Crippen LogP contribution in [0.3, 0.4) is 0 Å².